The Balaban J connectivity index is 1.19. The van der Waals surface area contributed by atoms with Crippen LogP contribution in [0, 0.1) is 0 Å². The number of aliphatic hydroxyl groups excluding tert-OH is 1. The summed E-state index contributed by atoms with van der Waals surface area (Å²) >= 11 is 1.26. The second-order valence-electron chi connectivity index (χ2n) is 8.13. The number of halogens is 1. The third kappa shape index (κ3) is 4.76. The minimum absolute atomic E-state index is 0.252. The van der Waals surface area contributed by atoms with Crippen LogP contribution in [0.1, 0.15) is 23.7 Å². The summed E-state index contributed by atoms with van der Waals surface area (Å²) in [5, 5.41) is 18.2. The number of methoxy groups -OCH3 is 1. The maximum absolute atomic E-state index is 14.9. The average molecular weight is 470 g/mol. The highest BCUT2D eigenvalue weighted by Crippen LogP contribution is 2.26. The summed E-state index contributed by atoms with van der Waals surface area (Å²) in [6, 6.07) is 6.97. The van der Waals surface area contributed by atoms with Crippen molar-refractivity contribution in [3.8, 4) is 5.88 Å². The third-order valence-corrected chi connectivity index (χ3v) is 6.60. The van der Waals surface area contributed by atoms with Gasteiger partial charge in [0.25, 0.3) is 0 Å². The Kier molecular flexibility index (Phi) is 6.36. The van der Waals surface area contributed by atoms with E-state index in [1.54, 1.807) is 31.6 Å². The Hall–Kier alpha value is -2.86. The number of hydrogen-bond donors (Lipinski definition) is 2. The van der Waals surface area contributed by atoms with E-state index in [0.717, 1.165) is 15.9 Å². The molecule has 0 bridgehead atoms. The van der Waals surface area contributed by atoms with Crippen LogP contribution >= 0.6 is 11.5 Å². The lowest BCUT2D eigenvalue weighted by Crippen LogP contribution is -2.51. The summed E-state index contributed by atoms with van der Waals surface area (Å²) < 4.78 is 24.0. The number of piperidine rings is 1. The van der Waals surface area contributed by atoms with E-state index in [-0.39, 0.29) is 12.6 Å². The normalized spacial score (nSPS) is 20.3. The van der Waals surface area contributed by atoms with Gasteiger partial charge in [0.15, 0.2) is 4.83 Å². The van der Waals surface area contributed by atoms with Crippen LogP contribution in [-0.2, 0) is 6.54 Å². The molecule has 5 rings (SSSR count). The molecule has 2 N–H and O–H groups in total. The van der Waals surface area contributed by atoms with Gasteiger partial charge >= 0.3 is 0 Å². The lowest BCUT2D eigenvalue weighted by molar-refractivity contribution is 0.0570. The first-order valence-electron chi connectivity index (χ1n) is 10.7. The average Bonchev–Trinajstić information content (AvgIpc) is 3.30. The maximum atomic E-state index is 14.9. The van der Waals surface area contributed by atoms with E-state index in [9.17, 15) is 9.50 Å². The summed E-state index contributed by atoms with van der Waals surface area (Å²) in [6.45, 7) is 1.78. The smallest absolute Gasteiger partial charge is 0.213 e. The monoisotopic (exact) mass is 469 g/mol. The number of alkyl halides is 1. The molecule has 3 atom stereocenters. The number of aliphatic hydroxyl groups is 1. The van der Waals surface area contributed by atoms with E-state index in [0.29, 0.717) is 48.5 Å². The Bertz CT molecular complexity index is 1260. The standard InChI is InChI=1S/C22H24FN7O2S/c1-32-20-3-2-17-21(27-20)14(4-6-24-17)19(31)12-30-7-5-16(15(23)11-30)25-9-13-8-18-22(26-10-13)33-29-28-18/h2-4,6,8,10,15-16,19,25,31H,5,7,9,11-12H2,1H3. The number of rotatable bonds is 7. The van der Waals surface area contributed by atoms with Gasteiger partial charge in [-0.25, -0.2) is 14.4 Å². The fourth-order valence-corrected chi connectivity index (χ4v) is 4.69. The summed E-state index contributed by atoms with van der Waals surface area (Å²) in [5.41, 5.74) is 3.65. The highest BCUT2D eigenvalue weighted by molar-refractivity contribution is 7.12. The number of pyridine rings is 3. The summed E-state index contributed by atoms with van der Waals surface area (Å²) in [6.07, 6.45) is 2.21. The molecular formula is C22H24FN7O2S. The van der Waals surface area contributed by atoms with Gasteiger partial charge in [0.1, 0.15) is 11.7 Å². The summed E-state index contributed by atoms with van der Waals surface area (Å²) in [5.74, 6) is 0.458. The largest absolute Gasteiger partial charge is 0.481 e. The predicted octanol–water partition coefficient (Wildman–Crippen LogP) is 2.27. The topological polar surface area (TPSA) is 109 Å². The number of likely N-dealkylation sites (tertiary alicyclic amines) is 1. The zero-order valence-corrected chi connectivity index (χ0v) is 18.9. The number of fused-ring (bicyclic) bond motifs is 2. The minimum Gasteiger partial charge on any atom is -0.481 e. The number of ether oxygens (including phenoxy) is 1. The van der Waals surface area contributed by atoms with E-state index in [2.05, 4.69) is 29.9 Å². The van der Waals surface area contributed by atoms with Crippen LogP contribution in [0.3, 0.4) is 0 Å². The predicted molar refractivity (Wildman–Crippen MR) is 123 cm³/mol. The van der Waals surface area contributed by atoms with E-state index in [4.69, 9.17) is 4.74 Å². The Morgan fingerprint density at radius 3 is 3.06 bits per heavy atom. The molecule has 1 aliphatic rings. The van der Waals surface area contributed by atoms with Crippen LogP contribution in [0.2, 0.25) is 0 Å². The lowest BCUT2D eigenvalue weighted by Gasteiger charge is -2.36. The van der Waals surface area contributed by atoms with Gasteiger partial charge in [-0.15, -0.1) is 5.10 Å². The van der Waals surface area contributed by atoms with Crippen molar-refractivity contribution in [2.24, 2.45) is 0 Å². The first-order chi connectivity index (χ1) is 16.1. The van der Waals surface area contributed by atoms with E-state index in [1.165, 1.54) is 11.5 Å². The van der Waals surface area contributed by atoms with Gasteiger partial charge in [-0.2, -0.15) is 0 Å². The van der Waals surface area contributed by atoms with E-state index < -0.39 is 12.3 Å². The Morgan fingerprint density at radius 1 is 1.30 bits per heavy atom. The highest BCUT2D eigenvalue weighted by atomic mass is 32.1. The molecule has 1 aliphatic heterocycles. The summed E-state index contributed by atoms with van der Waals surface area (Å²) in [4.78, 5) is 15.8. The van der Waals surface area contributed by atoms with Crippen molar-refractivity contribution in [1.29, 1.82) is 0 Å². The molecule has 0 aromatic carbocycles. The molecule has 0 amide bonds. The molecule has 4 aromatic heterocycles. The minimum atomic E-state index is -1.05. The molecule has 9 nitrogen and oxygen atoms in total. The Labute approximate surface area is 193 Å². The number of nitrogens with zero attached hydrogens (tertiary/aromatic N) is 6. The van der Waals surface area contributed by atoms with Crippen molar-refractivity contribution >= 4 is 32.9 Å². The molecule has 11 heteroatoms. The van der Waals surface area contributed by atoms with Crippen molar-refractivity contribution < 1.29 is 14.2 Å². The lowest BCUT2D eigenvalue weighted by atomic mass is 10.0. The molecule has 5 heterocycles. The number of hydrogen-bond acceptors (Lipinski definition) is 10. The van der Waals surface area contributed by atoms with Crippen LogP contribution in [0.4, 0.5) is 4.39 Å². The summed E-state index contributed by atoms with van der Waals surface area (Å²) in [7, 11) is 1.55. The first kappa shape index (κ1) is 22.0. The van der Waals surface area contributed by atoms with Crippen LogP contribution in [0.25, 0.3) is 21.4 Å². The molecule has 0 aliphatic carbocycles. The second kappa shape index (κ2) is 9.56. The van der Waals surface area contributed by atoms with Gasteiger partial charge in [-0.05, 0) is 36.7 Å². The quantitative estimate of drug-likeness (QED) is 0.421. The zero-order valence-electron chi connectivity index (χ0n) is 18.1. The van der Waals surface area contributed by atoms with Crippen LogP contribution in [-0.4, -0.2) is 73.5 Å². The van der Waals surface area contributed by atoms with Crippen molar-refractivity contribution in [3.05, 3.63) is 47.8 Å². The van der Waals surface area contributed by atoms with E-state index >= 15 is 0 Å². The molecule has 172 valence electrons. The zero-order chi connectivity index (χ0) is 22.8. The molecule has 0 spiro atoms. The SMILES string of the molecule is COc1ccc2nccc(C(O)CN3CCC(NCc4cnc5snnc5c4)C(F)C3)c2n1. The highest BCUT2D eigenvalue weighted by Gasteiger charge is 2.30. The Morgan fingerprint density at radius 2 is 2.21 bits per heavy atom. The molecule has 0 radical (unpaired) electrons. The van der Waals surface area contributed by atoms with Gasteiger partial charge in [-0.1, -0.05) is 4.49 Å². The van der Waals surface area contributed by atoms with Crippen LogP contribution < -0.4 is 10.1 Å². The van der Waals surface area contributed by atoms with E-state index in [1.807, 2.05) is 17.0 Å². The van der Waals surface area contributed by atoms with Gasteiger partial charge in [0, 0.05) is 61.2 Å². The molecule has 1 saturated heterocycles. The van der Waals surface area contributed by atoms with Gasteiger partial charge in [-0.3, -0.25) is 9.88 Å². The fourth-order valence-electron chi connectivity index (χ4n) is 4.19. The number of β-amino-alcohol motifs (C(OH)–C–C–N with tert-alkyl or cyclic N) is 1. The molecular weight excluding hydrogens is 445 g/mol. The van der Waals surface area contributed by atoms with Crippen molar-refractivity contribution in [1.82, 2.24) is 34.8 Å². The number of aromatic nitrogens is 5. The van der Waals surface area contributed by atoms with Gasteiger partial charge in [0.05, 0.1) is 24.2 Å². The molecule has 4 aromatic rings. The second-order valence-corrected chi connectivity index (χ2v) is 8.86. The molecule has 0 saturated carbocycles. The number of nitrogens with one attached hydrogen (secondary N) is 1. The molecule has 1 fully saturated rings. The third-order valence-electron chi connectivity index (χ3n) is 5.95. The van der Waals surface area contributed by atoms with Gasteiger partial charge < -0.3 is 15.2 Å². The van der Waals surface area contributed by atoms with Gasteiger partial charge in [0.2, 0.25) is 5.88 Å². The first-order valence-corrected chi connectivity index (χ1v) is 11.5. The van der Waals surface area contributed by atoms with Crippen LogP contribution in [0.15, 0.2) is 36.7 Å². The maximum Gasteiger partial charge on any atom is 0.213 e. The molecule has 33 heavy (non-hydrogen) atoms. The van der Waals surface area contributed by atoms with Crippen LogP contribution in [0.5, 0.6) is 5.88 Å². The van der Waals surface area contributed by atoms with Crippen molar-refractivity contribution in [2.45, 2.75) is 31.3 Å². The van der Waals surface area contributed by atoms with Crippen molar-refractivity contribution in [3.63, 3.8) is 0 Å². The van der Waals surface area contributed by atoms with Crippen molar-refractivity contribution in [2.75, 3.05) is 26.7 Å². The fraction of sp³-hybridized carbons (Fsp3) is 0.409. The molecule has 3 unspecified atom stereocenters.